The van der Waals surface area contributed by atoms with Crippen LogP contribution in [0.5, 0.6) is 5.75 Å². The van der Waals surface area contributed by atoms with Crippen LogP contribution in [-0.2, 0) is 9.47 Å². The molecule has 1 aromatic carbocycles. The first-order valence-corrected chi connectivity index (χ1v) is 7.34. The van der Waals surface area contributed by atoms with E-state index in [1.54, 1.807) is 7.11 Å². The van der Waals surface area contributed by atoms with Gasteiger partial charge in [-0.3, -0.25) is 0 Å². The van der Waals surface area contributed by atoms with Crippen molar-refractivity contribution in [1.29, 1.82) is 0 Å². The molecule has 0 aromatic heterocycles. The molecule has 1 aliphatic rings. The maximum absolute atomic E-state index is 5.76. The van der Waals surface area contributed by atoms with E-state index in [1.807, 2.05) is 7.05 Å². The Morgan fingerprint density at radius 3 is 2.50 bits per heavy atom. The minimum atomic E-state index is 0.313. The molecule has 1 unspecified atom stereocenters. The molecule has 112 valence electrons. The summed E-state index contributed by atoms with van der Waals surface area (Å²) in [7, 11) is 3.67. The quantitative estimate of drug-likeness (QED) is 0.668. The second kappa shape index (κ2) is 8.25. The van der Waals surface area contributed by atoms with Crippen LogP contribution in [0.4, 0.5) is 0 Å². The van der Waals surface area contributed by atoms with Crippen molar-refractivity contribution in [3.8, 4) is 5.75 Å². The zero-order chi connectivity index (χ0) is 14.2. The first-order chi connectivity index (χ1) is 9.83. The van der Waals surface area contributed by atoms with Gasteiger partial charge in [-0.25, -0.2) is 0 Å². The van der Waals surface area contributed by atoms with E-state index >= 15 is 0 Å². The van der Waals surface area contributed by atoms with Crippen LogP contribution in [0.1, 0.15) is 30.9 Å². The van der Waals surface area contributed by atoms with E-state index in [1.165, 1.54) is 18.4 Å². The molecular formula is C16H25NO3. The first-order valence-electron chi connectivity index (χ1n) is 7.34. The van der Waals surface area contributed by atoms with E-state index < -0.39 is 0 Å². The van der Waals surface area contributed by atoms with Gasteiger partial charge in [-0.1, -0.05) is 12.1 Å². The van der Waals surface area contributed by atoms with Gasteiger partial charge in [0.15, 0.2) is 0 Å². The molecule has 1 saturated carbocycles. The molecule has 1 fully saturated rings. The van der Waals surface area contributed by atoms with E-state index in [4.69, 9.17) is 14.2 Å². The maximum Gasteiger partial charge on any atom is 0.119 e. The maximum atomic E-state index is 5.76. The zero-order valence-electron chi connectivity index (χ0n) is 12.4. The second-order valence-electron chi connectivity index (χ2n) is 5.12. The summed E-state index contributed by atoms with van der Waals surface area (Å²) in [5.41, 5.74) is 1.27. The van der Waals surface area contributed by atoms with Crippen molar-refractivity contribution in [2.45, 2.75) is 31.4 Å². The fourth-order valence-corrected chi connectivity index (χ4v) is 2.08. The standard InChI is InChI=1S/C16H25NO3/c1-17-16(9-10-19-12-11-18-2)13-3-5-14(6-4-13)20-15-7-8-15/h3-6,15-17H,7-12H2,1-2H3. The molecule has 1 atom stereocenters. The molecule has 2 rings (SSSR count). The van der Waals surface area contributed by atoms with Crippen molar-refractivity contribution in [2.24, 2.45) is 0 Å². The highest BCUT2D eigenvalue weighted by Gasteiger charge is 2.23. The SMILES string of the molecule is CNC(CCOCCOC)c1ccc(OC2CC2)cc1. The van der Waals surface area contributed by atoms with Crippen LogP contribution in [-0.4, -0.2) is 40.1 Å². The number of benzene rings is 1. The summed E-state index contributed by atoms with van der Waals surface area (Å²) in [5, 5.41) is 3.33. The van der Waals surface area contributed by atoms with Crippen molar-refractivity contribution in [1.82, 2.24) is 5.32 Å². The summed E-state index contributed by atoms with van der Waals surface area (Å²) in [6, 6.07) is 8.70. The summed E-state index contributed by atoms with van der Waals surface area (Å²) < 4.78 is 16.2. The van der Waals surface area contributed by atoms with Crippen LogP contribution in [0, 0.1) is 0 Å². The van der Waals surface area contributed by atoms with E-state index in [9.17, 15) is 0 Å². The molecule has 0 radical (unpaired) electrons. The van der Waals surface area contributed by atoms with Gasteiger partial charge < -0.3 is 19.5 Å². The highest BCUT2D eigenvalue weighted by molar-refractivity contribution is 5.29. The molecule has 0 amide bonds. The number of rotatable bonds is 10. The normalized spacial score (nSPS) is 16.1. The Kier molecular flexibility index (Phi) is 6.30. The molecule has 0 spiro atoms. The van der Waals surface area contributed by atoms with Gasteiger partial charge in [0, 0.05) is 19.8 Å². The topological polar surface area (TPSA) is 39.7 Å². The Bertz CT molecular complexity index is 376. The second-order valence-corrected chi connectivity index (χ2v) is 5.12. The van der Waals surface area contributed by atoms with Gasteiger partial charge in [0.2, 0.25) is 0 Å². The number of methoxy groups -OCH3 is 1. The molecule has 0 saturated heterocycles. The lowest BCUT2D eigenvalue weighted by atomic mass is 10.0. The van der Waals surface area contributed by atoms with Crippen LogP contribution in [0.15, 0.2) is 24.3 Å². The summed E-state index contributed by atoms with van der Waals surface area (Å²) in [6.07, 6.45) is 3.79. The van der Waals surface area contributed by atoms with Crippen LogP contribution < -0.4 is 10.1 Å². The number of nitrogens with one attached hydrogen (secondary N) is 1. The van der Waals surface area contributed by atoms with Crippen molar-refractivity contribution < 1.29 is 14.2 Å². The summed E-state index contributed by atoms with van der Waals surface area (Å²) >= 11 is 0. The lowest BCUT2D eigenvalue weighted by Gasteiger charge is -2.17. The Labute approximate surface area is 121 Å². The fraction of sp³-hybridized carbons (Fsp3) is 0.625. The molecule has 0 heterocycles. The molecule has 1 aliphatic carbocycles. The van der Waals surface area contributed by atoms with Crippen LogP contribution in [0.3, 0.4) is 0 Å². The minimum absolute atomic E-state index is 0.313. The van der Waals surface area contributed by atoms with Crippen molar-refractivity contribution in [3.63, 3.8) is 0 Å². The Balaban J connectivity index is 1.77. The third kappa shape index (κ3) is 5.12. The van der Waals surface area contributed by atoms with E-state index in [2.05, 4.69) is 29.6 Å². The van der Waals surface area contributed by atoms with Crippen LogP contribution >= 0.6 is 0 Å². The van der Waals surface area contributed by atoms with Crippen molar-refractivity contribution >= 4 is 0 Å². The predicted octanol–water partition coefficient (Wildman–Crippen LogP) is 2.54. The largest absolute Gasteiger partial charge is 0.490 e. The predicted molar refractivity (Wildman–Crippen MR) is 79.2 cm³/mol. The fourth-order valence-electron chi connectivity index (χ4n) is 2.08. The third-order valence-electron chi connectivity index (χ3n) is 3.44. The summed E-state index contributed by atoms with van der Waals surface area (Å²) in [5.74, 6) is 0.974. The number of hydrogen-bond acceptors (Lipinski definition) is 4. The van der Waals surface area contributed by atoms with Gasteiger partial charge in [-0.05, 0) is 44.0 Å². The molecule has 4 nitrogen and oxygen atoms in total. The van der Waals surface area contributed by atoms with Gasteiger partial charge in [0.1, 0.15) is 5.75 Å². The average Bonchev–Trinajstić information content (AvgIpc) is 3.28. The number of hydrogen-bond donors (Lipinski definition) is 1. The summed E-state index contributed by atoms with van der Waals surface area (Å²) in [6.45, 7) is 2.04. The van der Waals surface area contributed by atoms with Gasteiger partial charge >= 0.3 is 0 Å². The minimum Gasteiger partial charge on any atom is -0.490 e. The van der Waals surface area contributed by atoms with E-state index in [0.29, 0.717) is 25.4 Å². The van der Waals surface area contributed by atoms with E-state index in [0.717, 1.165) is 18.8 Å². The Hall–Kier alpha value is -1.10. The first kappa shape index (κ1) is 15.3. The number of ether oxygens (including phenoxy) is 3. The lowest BCUT2D eigenvalue weighted by Crippen LogP contribution is -2.18. The Morgan fingerprint density at radius 1 is 1.15 bits per heavy atom. The Morgan fingerprint density at radius 2 is 1.90 bits per heavy atom. The highest BCUT2D eigenvalue weighted by Crippen LogP contribution is 2.27. The van der Waals surface area contributed by atoms with Gasteiger partial charge in [-0.15, -0.1) is 0 Å². The third-order valence-corrected chi connectivity index (χ3v) is 3.44. The van der Waals surface area contributed by atoms with Crippen LogP contribution in [0.2, 0.25) is 0 Å². The molecule has 1 aromatic rings. The molecule has 4 heteroatoms. The van der Waals surface area contributed by atoms with Gasteiger partial charge in [0.25, 0.3) is 0 Å². The van der Waals surface area contributed by atoms with Crippen molar-refractivity contribution in [2.75, 3.05) is 34.0 Å². The molecule has 20 heavy (non-hydrogen) atoms. The average molecular weight is 279 g/mol. The van der Waals surface area contributed by atoms with Crippen LogP contribution in [0.25, 0.3) is 0 Å². The summed E-state index contributed by atoms with van der Waals surface area (Å²) in [4.78, 5) is 0. The molecular weight excluding hydrogens is 254 g/mol. The molecule has 0 aliphatic heterocycles. The zero-order valence-corrected chi connectivity index (χ0v) is 12.4. The molecule has 1 N–H and O–H groups in total. The monoisotopic (exact) mass is 279 g/mol. The smallest absolute Gasteiger partial charge is 0.119 e. The van der Waals surface area contributed by atoms with Gasteiger partial charge in [0.05, 0.1) is 19.3 Å². The lowest BCUT2D eigenvalue weighted by molar-refractivity contribution is 0.0661. The van der Waals surface area contributed by atoms with E-state index in [-0.39, 0.29) is 0 Å². The highest BCUT2D eigenvalue weighted by atomic mass is 16.5. The molecule has 0 bridgehead atoms. The van der Waals surface area contributed by atoms with Gasteiger partial charge in [-0.2, -0.15) is 0 Å². The van der Waals surface area contributed by atoms with Crippen molar-refractivity contribution in [3.05, 3.63) is 29.8 Å².